The van der Waals surface area contributed by atoms with Crippen LogP contribution in [0.3, 0.4) is 0 Å². The number of rotatable bonds is 14. The largest absolute Gasteiger partial charge is 1.00 e. The Labute approximate surface area is 170 Å². The van der Waals surface area contributed by atoms with E-state index in [-0.39, 0.29) is 35.7 Å². The average Bonchev–Trinajstić information content (AvgIpc) is 3.01. The van der Waals surface area contributed by atoms with E-state index in [1.165, 1.54) is 44.9 Å². The molecule has 0 saturated carbocycles. The van der Waals surface area contributed by atoms with Gasteiger partial charge in [-0.15, -0.1) is 0 Å². The van der Waals surface area contributed by atoms with E-state index >= 15 is 0 Å². The van der Waals surface area contributed by atoms with Crippen molar-refractivity contribution in [1.29, 1.82) is 0 Å². The molecule has 0 radical (unpaired) electrons. The van der Waals surface area contributed by atoms with Gasteiger partial charge in [0.15, 0.2) is 0 Å². The van der Waals surface area contributed by atoms with E-state index in [1.807, 2.05) is 0 Å². The standard InChI is InChI=1S/C17H34O5S.Na/c1-2-3-4-5-6-7-8-9-10-11-13-17(22-23(18,19)20)16-14-12-15-21-16;/h16-17H,2-15H2,1H3,(H,18,19,20);/q;+1/p-1. The zero-order valence-electron chi connectivity index (χ0n) is 15.5. The molecule has 1 rings (SSSR count). The molecule has 1 heterocycles. The Kier molecular flexibility index (Phi) is 15.5. The van der Waals surface area contributed by atoms with Gasteiger partial charge in [-0.2, -0.15) is 0 Å². The van der Waals surface area contributed by atoms with Gasteiger partial charge in [0.05, 0.1) is 6.10 Å². The second-order valence-electron chi connectivity index (χ2n) is 6.57. The van der Waals surface area contributed by atoms with Crippen molar-refractivity contribution in [3.05, 3.63) is 0 Å². The molecule has 7 heteroatoms. The van der Waals surface area contributed by atoms with Crippen molar-refractivity contribution >= 4 is 10.4 Å². The molecule has 0 N–H and O–H groups in total. The van der Waals surface area contributed by atoms with Gasteiger partial charge in [-0.05, 0) is 19.3 Å². The Morgan fingerprint density at radius 2 is 1.58 bits per heavy atom. The van der Waals surface area contributed by atoms with Crippen molar-refractivity contribution in [2.24, 2.45) is 0 Å². The van der Waals surface area contributed by atoms with Crippen LogP contribution in [0.25, 0.3) is 0 Å². The van der Waals surface area contributed by atoms with Crippen molar-refractivity contribution < 1.29 is 51.4 Å². The van der Waals surface area contributed by atoms with Crippen LogP contribution < -0.4 is 29.6 Å². The van der Waals surface area contributed by atoms with Gasteiger partial charge >= 0.3 is 29.6 Å². The number of hydrogen-bond acceptors (Lipinski definition) is 5. The Morgan fingerprint density at radius 1 is 1.04 bits per heavy atom. The van der Waals surface area contributed by atoms with Gasteiger partial charge in [0, 0.05) is 6.61 Å². The minimum absolute atomic E-state index is 0. The molecule has 1 aliphatic heterocycles. The molecule has 5 nitrogen and oxygen atoms in total. The molecule has 0 aromatic carbocycles. The van der Waals surface area contributed by atoms with Gasteiger partial charge in [0.1, 0.15) is 6.10 Å². The van der Waals surface area contributed by atoms with Crippen molar-refractivity contribution in [3.8, 4) is 0 Å². The summed E-state index contributed by atoms with van der Waals surface area (Å²) in [5.74, 6) is 0. The second kappa shape index (κ2) is 14.9. The first-order valence-electron chi connectivity index (χ1n) is 9.28. The monoisotopic (exact) mass is 372 g/mol. The molecule has 1 saturated heterocycles. The van der Waals surface area contributed by atoms with Crippen LogP contribution in [-0.2, 0) is 19.3 Å². The Balaban J connectivity index is 0.00000529. The SMILES string of the molecule is CCCCCCCCCCCCC(OS(=O)(=O)[O-])C1CCCO1.[Na+]. The van der Waals surface area contributed by atoms with E-state index in [0.717, 1.165) is 32.1 Å². The fourth-order valence-corrected chi connectivity index (χ4v) is 3.70. The van der Waals surface area contributed by atoms with Crippen LogP contribution in [0.2, 0.25) is 0 Å². The molecule has 0 amide bonds. The molecule has 24 heavy (non-hydrogen) atoms. The zero-order chi connectivity index (χ0) is 17.0. The minimum atomic E-state index is -4.65. The van der Waals surface area contributed by atoms with E-state index < -0.39 is 16.5 Å². The zero-order valence-corrected chi connectivity index (χ0v) is 18.3. The first-order chi connectivity index (χ1) is 11.0. The first kappa shape index (κ1) is 24.8. The maximum Gasteiger partial charge on any atom is 1.00 e. The summed E-state index contributed by atoms with van der Waals surface area (Å²) in [6.07, 6.45) is 13.7. The molecule has 2 unspecified atom stereocenters. The van der Waals surface area contributed by atoms with Crippen LogP contribution >= 0.6 is 0 Å². The van der Waals surface area contributed by atoms with Crippen molar-refractivity contribution in [1.82, 2.24) is 0 Å². The summed E-state index contributed by atoms with van der Waals surface area (Å²) in [7, 11) is -4.65. The molecule has 0 aliphatic carbocycles. The third-order valence-electron chi connectivity index (χ3n) is 4.46. The molecular formula is C17H33NaO5S. The maximum atomic E-state index is 10.8. The van der Waals surface area contributed by atoms with Crippen LogP contribution in [0.4, 0.5) is 0 Å². The van der Waals surface area contributed by atoms with Gasteiger partial charge in [-0.25, -0.2) is 8.42 Å². The smallest absolute Gasteiger partial charge is 0.726 e. The second-order valence-corrected chi connectivity index (χ2v) is 7.57. The predicted molar refractivity (Wildman–Crippen MR) is 90.0 cm³/mol. The Morgan fingerprint density at radius 3 is 2.04 bits per heavy atom. The normalized spacial score (nSPS) is 19.2. The van der Waals surface area contributed by atoms with Gasteiger partial charge < -0.3 is 9.29 Å². The molecule has 0 bridgehead atoms. The molecule has 138 valence electrons. The molecule has 2 atom stereocenters. The van der Waals surface area contributed by atoms with Crippen molar-refractivity contribution in [3.63, 3.8) is 0 Å². The summed E-state index contributed by atoms with van der Waals surface area (Å²) in [4.78, 5) is 0. The Bertz CT molecular complexity index is 382. The van der Waals surface area contributed by atoms with E-state index in [0.29, 0.717) is 13.0 Å². The van der Waals surface area contributed by atoms with E-state index in [1.54, 1.807) is 0 Å². The quantitative estimate of drug-likeness (QED) is 0.199. The molecule has 0 aromatic heterocycles. The summed E-state index contributed by atoms with van der Waals surface area (Å²) >= 11 is 0. The van der Waals surface area contributed by atoms with Crippen molar-refractivity contribution in [2.45, 2.75) is 103 Å². The summed E-state index contributed by atoms with van der Waals surface area (Å²) in [6.45, 7) is 2.85. The van der Waals surface area contributed by atoms with E-state index in [9.17, 15) is 13.0 Å². The van der Waals surface area contributed by atoms with Crippen LogP contribution in [0.15, 0.2) is 0 Å². The minimum Gasteiger partial charge on any atom is -0.726 e. The summed E-state index contributed by atoms with van der Waals surface area (Å²) in [6, 6.07) is 0. The summed E-state index contributed by atoms with van der Waals surface area (Å²) in [5.41, 5.74) is 0. The van der Waals surface area contributed by atoms with Gasteiger partial charge in [0.25, 0.3) is 0 Å². The predicted octanol–water partition coefficient (Wildman–Crippen LogP) is 1.33. The van der Waals surface area contributed by atoms with Crippen LogP contribution in [0, 0.1) is 0 Å². The average molecular weight is 373 g/mol. The fourth-order valence-electron chi connectivity index (χ4n) is 3.18. The van der Waals surface area contributed by atoms with E-state index in [2.05, 4.69) is 6.92 Å². The number of ether oxygens (including phenoxy) is 1. The third-order valence-corrected chi connectivity index (χ3v) is 4.95. The first-order valence-corrected chi connectivity index (χ1v) is 10.6. The van der Waals surface area contributed by atoms with Gasteiger partial charge in [-0.1, -0.05) is 71.1 Å². The van der Waals surface area contributed by atoms with Gasteiger partial charge in [-0.3, -0.25) is 4.18 Å². The third kappa shape index (κ3) is 13.1. The molecule has 1 fully saturated rings. The molecular weight excluding hydrogens is 339 g/mol. The van der Waals surface area contributed by atoms with E-state index in [4.69, 9.17) is 8.92 Å². The van der Waals surface area contributed by atoms with Crippen LogP contribution in [0.5, 0.6) is 0 Å². The summed E-state index contributed by atoms with van der Waals surface area (Å²) in [5, 5.41) is 0. The summed E-state index contributed by atoms with van der Waals surface area (Å²) < 4.78 is 42.7. The number of unbranched alkanes of at least 4 members (excludes halogenated alkanes) is 9. The maximum absolute atomic E-state index is 10.8. The molecule has 0 aromatic rings. The fraction of sp³-hybridized carbons (Fsp3) is 1.00. The van der Waals surface area contributed by atoms with Gasteiger partial charge in [0.2, 0.25) is 10.4 Å². The Hall–Kier alpha value is 0.830. The van der Waals surface area contributed by atoms with Crippen molar-refractivity contribution in [2.75, 3.05) is 6.61 Å². The van der Waals surface area contributed by atoms with Crippen LogP contribution in [-0.4, -0.2) is 31.8 Å². The molecule has 0 spiro atoms. The molecule has 1 aliphatic rings. The topological polar surface area (TPSA) is 75.7 Å². The van der Waals surface area contributed by atoms with Crippen LogP contribution in [0.1, 0.15) is 90.4 Å². The number of hydrogen-bond donors (Lipinski definition) is 0.